The van der Waals surface area contributed by atoms with E-state index in [1.165, 1.54) is 18.7 Å². The Morgan fingerprint density at radius 3 is 2.72 bits per heavy atom. The topological polar surface area (TPSA) is 92.4 Å². The molecule has 0 bridgehead atoms. The average Bonchev–Trinajstić information content (AvgIpc) is 2.28. The lowest BCUT2D eigenvalue weighted by molar-refractivity contribution is -0.140. The highest BCUT2D eigenvalue weighted by molar-refractivity contribution is 7.99. The van der Waals surface area contributed by atoms with Gasteiger partial charge in [0.1, 0.15) is 6.04 Å². The minimum atomic E-state index is -1.05. The molecule has 0 aliphatic heterocycles. The van der Waals surface area contributed by atoms with Crippen molar-refractivity contribution < 1.29 is 14.7 Å². The third kappa shape index (κ3) is 3.96. The van der Waals surface area contributed by atoms with Crippen molar-refractivity contribution in [3.63, 3.8) is 0 Å². The van der Waals surface area contributed by atoms with Crippen molar-refractivity contribution in [3.8, 4) is 0 Å². The quantitative estimate of drug-likeness (QED) is 0.552. The third-order valence-electron chi connectivity index (χ3n) is 2.37. The zero-order valence-electron chi connectivity index (χ0n) is 10.3. The lowest BCUT2D eigenvalue weighted by Gasteiger charge is -2.14. The molecule has 0 aromatic heterocycles. The molecule has 98 valence electrons. The van der Waals surface area contributed by atoms with Crippen LogP contribution in [0.15, 0.2) is 23.1 Å². The number of hydrogen-bond donors (Lipinski definition) is 3. The number of carbonyl (C=O) groups excluding carboxylic acids is 1. The first-order chi connectivity index (χ1) is 8.41. The van der Waals surface area contributed by atoms with Gasteiger partial charge >= 0.3 is 5.97 Å². The van der Waals surface area contributed by atoms with Crippen molar-refractivity contribution in [2.45, 2.75) is 24.8 Å². The number of nitrogens with two attached hydrogens (primary N) is 1. The van der Waals surface area contributed by atoms with Gasteiger partial charge in [0, 0.05) is 23.3 Å². The smallest absolute Gasteiger partial charge is 0.327 e. The summed E-state index contributed by atoms with van der Waals surface area (Å²) in [4.78, 5) is 22.7. The number of carboxylic acid groups (broad SMARTS) is 1. The molecule has 1 rings (SSSR count). The second kappa shape index (κ2) is 6.30. The Bertz CT molecular complexity index is 463. The Labute approximate surface area is 110 Å². The van der Waals surface area contributed by atoms with E-state index >= 15 is 0 Å². The van der Waals surface area contributed by atoms with E-state index in [1.807, 2.05) is 25.1 Å². The molecule has 5 nitrogen and oxygen atoms in total. The normalized spacial score (nSPS) is 11.9. The molecule has 1 unspecified atom stereocenters. The van der Waals surface area contributed by atoms with Gasteiger partial charge in [-0.1, -0.05) is 12.1 Å². The van der Waals surface area contributed by atoms with Crippen LogP contribution < -0.4 is 11.1 Å². The van der Waals surface area contributed by atoms with Crippen LogP contribution in [0, 0.1) is 6.92 Å². The highest BCUT2D eigenvalue weighted by atomic mass is 32.2. The number of nitrogen functional groups attached to an aromatic ring is 1. The van der Waals surface area contributed by atoms with E-state index in [4.69, 9.17) is 10.8 Å². The number of aliphatic carboxylic acids is 1. The SMILES string of the molecule is CC(=O)NC(CSc1cccc(C)c1N)C(=O)O. The molecule has 1 atom stereocenters. The number of thioether (sulfide) groups is 1. The van der Waals surface area contributed by atoms with Gasteiger partial charge in [-0.15, -0.1) is 11.8 Å². The molecule has 0 saturated heterocycles. The molecule has 1 aromatic rings. The van der Waals surface area contributed by atoms with E-state index in [0.29, 0.717) is 5.69 Å². The maximum atomic E-state index is 10.9. The second-order valence-corrected chi connectivity index (χ2v) is 4.95. The number of benzene rings is 1. The van der Waals surface area contributed by atoms with Crippen LogP contribution >= 0.6 is 11.8 Å². The molecule has 0 aliphatic carbocycles. The summed E-state index contributed by atoms with van der Waals surface area (Å²) >= 11 is 1.32. The number of anilines is 1. The summed E-state index contributed by atoms with van der Waals surface area (Å²) in [5, 5.41) is 11.3. The minimum Gasteiger partial charge on any atom is -0.480 e. The van der Waals surface area contributed by atoms with Crippen LogP contribution in [-0.4, -0.2) is 28.8 Å². The highest BCUT2D eigenvalue weighted by Crippen LogP contribution is 2.27. The van der Waals surface area contributed by atoms with Crippen LogP contribution in [0.4, 0.5) is 5.69 Å². The van der Waals surface area contributed by atoms with Crippen LogP contribution in [0.5, 0.6) is 0 Å². The standard InChI is InChI=1S/C12H16N2O3S/c1-7-4-3-5-10(11(7)13)18-6-9(12(16)17)14-8(2)15/h3-5,9H,6,13H2,1-2H3,(H,14,15)(H,16,17). The summed E-state index contributed by atoms with van der Waals surface area (Å²) in [5.74, 6) is -1.17. The monoisotopic (exact) mass is 268 g/mol. The number of rotatable bonds is 5. The number of carbonyl (C=O) groups is 2. The number of amides is 1. The minimum absolute atomic E-state index is 0.239. The van der Waals surface area contributed by atoms with Gasteiger partial charge in [-0.05, 0) is 18.6 Å². The van der Waals surface area contributed by atoms with Gasteiger partial charge < -0.3 is 16.2 Å². The van der Waals surface area contributed by atoms with E-state index in [9.17, 15) is 9.59 Å². The van der Waals surface area contributed by atoms with Crippen LogP contribution in [0.1, 0.15) is 12.5 Å². The molecule has 4 N–H and O–H groups in total. The van der Waals surface area contributed by atoms with Crippen molar-refractivity contribution in [1.29, 1.82) is 0 Å². The van der Waals surface area contributed by atoms with Crippen LogP contribution in [0.25, 0.3) is 0 Å². The zero-order valence-corrected chi connectivity index (χ0v) is 11.1. The predicted molar refractivity (Wildman–Crippen MR) is 71.6 cm³/mol. The molecule has 0 fully saturated rings. The molecule has 0 saturated carbocycles. The third-order valence-corrected chi connectivity index (χ3v) is 3.53. The van der Waals surface area contributed by atoms with E-state index in [0.717, 1.165) is 10.5 Å². The van der Waals surface area contributed by atoms with Crippen molar-refractivity contribution in [3.05, 3.63) is 23.8 Å². The Kier molecular flexibility index (Phi) is 5.03. The summed E-state index contributed by atoms with van der Waals surface area (Å²) in [7, 11) is 0. The lowest BCUT2D eigenvalue weighted by atomic mass is 10.2. The molecule has 0 heterocycles. The first kappa shape index (κ1) is 14.4. The molecule has 0 aliphatic rings. The Morgan fingerprint density at radius 2 is 2.17 bits per heavy atom. The number of carboxylic acids is 1. The maximum Gasteiger partial charge on any atom is 0.327 e. The first-order valence-electron chi connectivity index (χ1n) is 5.39. The van der Waals surface area contributed by atoms with Gasteiger partial charge in [-0.2, -0.15) is 0 Å². The number of para-hydroxylation sites is 1. The van der Waals surface area contributed by atoms with E-state index < -0.39 is 12.0 Å². The fourth-order valence-electron chi connectivity index (χ4n) is 1.37. The summed E-state index contributed by atoms with van der Waals surface area (Å²) in [5.41, 5.74) is 7.49. The molecule has 1 amide bonds. The van der Waals surface area contributed by atoms with Gasteiger partial charge in [0.15, 0.2) is 0 Å². The molecule has 6 heteroatoms. The van der Waals surface area contributed by atoms with Crippen LogP contribution in [-0.2, 0) is 9.59 Å². The Balaban J connectivity index is 2.70. The summed E-state index contributed by atoms with van der Waals surface area (Å²) in [6.45, 7) is 3.18. The van der Waals surface area contributed by atoms with Gasteiger partial charge in [0.05, 0.1) is 0 Å². The van der Waals surface area contributed by atoms with Crippen molar-refractivity contribution in [1.82, 2.24) is 5.32 Å². The predicted octanol–water partition coefficient (Wildman–Crippen LogP) is 1.26. The van der Waals surface area contributed by atoms with Crippen molar-refractivity contribution in [2.75, 3.05) is 11.5 Å². The number of aryl methyl sites for hydroxylation is 1. The maximum absolute atomic E-state index is 10.9. The fourth-order valence-corrected chi connectivity index (χ4v) is 2.44. The van der Waals surface area contributed by atoms with Gasteiger partial charge in [0.25, 0.3) is 0 Å². The largest absolute Gasteiger partial charge is 0.480 e. The van der Waals surface area contributed by atoms with Crippen molar-refractivity contribution in [2.24, 2.45) is 0 Å². The fraction of sp³-hybridized carbons (Fsp3) is 0.333. The van der Waals surface area contributed by atoms with Gasteiger partial charge in [0.2, 0.25) is 5.91 Å². The number of hydrogen-bond acceptors (Lipinski definition) is 4. The summed E-state index contributed by atoms with van der Waals surface area (Å²) in [6, 6.07) is 4.68. The second-order valence-electron chi connectivity index (χ2n) is 3.89. The van der Waals surface area contributed by atoms with Gasteiger partial charge in [-0.25, -0.2) is 4.79 Å². The Hall–Kier alpha value is -1.69. The zero-order chi connectivity index (χ0) is 13.7. The van der Waals surface area contributed by atoms with Crippen LogP contribution in [0.2, 0.25) is 0 Å². The van der Waals surface area contributed by atoms with E-state index in [2.05, 4.69) is 5.32 Å². The summed E-state index contributed by atoms with van der Waals surface area (Å²) < 4.78 is 0. The molecule has 1 aromatic carbocycles. The Morgan fingerprint density at radius 1 is 1.50 bits per heavy atom. The van der Waals surface area contributed by atoms with Crippen molar-refractivity contribution >= 4 is 29.3 Å². The summed E-state index contributed by atoms with van der Waals surface area (Å²) in [6.07, 6.45) is 0. The number of nitrogens with one attached hydrogen (secondary N) is 1. The molecule has 18 heavy (non-hydrogen) atoms. The molecule has 0 spiro atoms. The molecular formula is C12H16N2O3S. The van der Waals surface area contributed by atoms with E-state index in [1.54, 1.807) is 0 Å². The molecule has 0 radical (unpaired) electrons. The first-order valence-corrected chi connectivity index (χ1v) is 6.38. The van der Waals surface area contributed by atoms with Crippen LogP contribution in [0.3, 0.4) is 0 Å². The molecular weight excluding hydrogens is 252 g/mol. The van der Waals surface area contributed by atoms with Gasteiger partial charge in [-0.3, -0.25) is 4.79 Å². The highest BCUT2D eigenvalue weighted by Gasteiger charge is 2.19. The average molecular weight is 268 g/mol. The lowest BCUT2D eigenvalue weighted by Crippen LogP contribution is -2.41. The van der Waals surface area contributed by atoms with E-state index in [-0.39, 0.29) is 11.7 Å².